The number of hydrogen-bond donors (Lipinski definition) is 2. The van der Waals surface area contributed by atoms with Crippen LogP contribution in [0, 0.1) is 11.8 Å². The third-order valence-electron chi connectivity index (χ3n) is 11.4. The predicted molar refractivity (Wildman–Crippen MR) is 228 cm³/mol. The zero-order valence-corrected chi connectivity index (χ0v) is 36.3. The number of fused-ring (bicyclic) bond motifs is 6. The molecule has 6 aliphatic heterocycles. The van der Waals surface area contributed by atoms with Crippen molar-refractivity contribution in [2.24, 2.45) is 22.0 Å². The van der Waals surface area contributed by atoms with Gasteiger partial charge in [-0.2, -0.15) is 10.2 Å². The lowest BCUT2D eigenvalue weighted by Crippen LogP contribution is -2.55. The Morgan fingerprint density at radius 3 is 1.80 bits per heavy atom. The molecule has 5 atom stereocenters. The number of hydrazone groups is 2. The molecule has 16 heteroatoms. The lowest BCUT2D eigenvalue weighted by Gasteiger charge is -2.40. The molecule has 1 saturated heterocycles. The molecule has 2 N–H and O–H groups in total. The fourth-order valence-electron chi connectivity index (χ4n) is 8.41. The zero-order chi connectivity index (χ0) is 43.3. The van der Waals surface area contributed by atoms with Crippen molar-refractivity contribution in [3.63, 3.8) is 0 Å². The van der Waals surface area contributed by atoms with Crippen LogP contribution in [0.5, 0.6) is 11.5 Å². The Labute approximate surface area is 351 Å². The number of likely N-dealkylation sites (tertiary alicyclic amines) is 1. The lowest BCUT2D eigenvalue weighted by atomic mass is 9.81. The Hall–Kier alpha value is -5.80. The first-order valence-corrected chi connectivity index (χ1v) is 20.8. The maximum Gasteiger partial charge on any atom is 0.410 e. The quantitative estimate of drug-likeness (QED) is 0.363. The van der Waals surface area contributed by atoms with Crippen molar-refractivity contribution < 1.29 is 38.1 Å². The average molecular weight is 827 g/mol. The molecule has 1 fully saturated rings. The van der Waals surface area contributed by atoms with Gasteiger partial charge in [0, 0.05) is 26.2 Å². The second-order valence-electron chi connectivity index (χ2n) is 18.3. The molecule has 6 heterocycles. The van der Waals surface area contributed by atoms with Crippen molar-refractivity contribution in [3.05, 3.63) is 53.6 Å². The molecule has 2 aromatic rings. The third-order valence-corrected chi connectivity index (χ3v) is 11.4. The number of carbonyl (C=O) groups excluding carboxylic acids is 4. The SMILES string of the molecule is C[C@@H]1C(=O)NN=C2COc3ccc(C4=CCN(C(=O)OC(C)(C)C)C[C@@H]4C)cc3N21.C[C@@H]1C(=O)NN=C2COc3ccc([C@@H]4CCN(C(=O)OC(C)(C)C)C[C@@H]4C)cc3N21. The monoisotopic (exact) mass is 826 g/mol. The van der Waals surface area contributed by atoms with E-state index < -0.39 is 11.2 Å². The highest BCUT2D eigenvalue weighted by Crippen LogP contribution is 2.42. The van der Waals surface area contributed by atoms with Crippen molar-refractivity contribution >= 4 is 52.6 Å². The minimum atomic E-state index is -0.514. The first kappa shape index (κ1) is 42.3. The van der Waals surface area contributed by atoms with Gasteiger partial charge in [-0.05, 0) is 121 Å². The second-order valence-corrected chi connectivity index (χ2v) is 18.3. The van der Waals surface area contributed by atoms with Crippen LogP contribution in [0.1, 0.15) is 92.7 Å². The molecule has 0 radical (unpaired) electrons. The van der Waals surface area contributed by atoms with Gasteiger partial charge in [0.1, 0.15) is 48.0 Å². The number of amidine groups is 2. The number of nitrogens with zero attached hydrogens (tertiary/aromatic N) is 6. The van der Waals surface area contributed by atoms with Crippen LogP contribution in [-0.2, 0) is 19.1 Å². The van der Waals surface area contributed by atoms with Gasteiger partial charge in [-0.15, -0.1) is 0 Å². The molecule has 0 bridgehead atoms. The fourth-order valence-corrected chi connectivity index (χ4v) is 8.41. The number of carbonyl (C=O) groups is 4. The van der Waals surface area contributed by atoms with E-state index in [0.717, 1.165) is 40.4 Å². The Balaban J connectivity index is 0.000000181. The number of rotatable bonds is 2. The van der Waals surface area contributed by atoms with Crippen LogP contribution < -0.4 is 30.1 Å². The normalized spacial score (nSPS) is 24.8. The molecule has 322 valence electrons. The van der Waals surface area contributed by atoms with Crippen LogP contribution in [0.4, 0.5) is 21.0 Å². The van der Waals surface area contributed by atoms with E-state index in [1.165, 1.54) is 5.56 Å². The van der Waals surface area contributed by atoms with Crippen molar-refractivity contribution in [1.82, 2.24) is 20.7 Å². The molecule has 2 aromatic carbocycles. The van der Waals surface area contributed by atoms with E-state index in [0.29, 0.717) is 57.0 Å². The van der Waals surface area contributed by atoms with Gasteiger partial charge in [0.15, 0.2) is 11.7 Å². The number of benzene rings is 2. The first-order chi connectivity index (χ1) is 28.3. The van der Waals surface area contributed by atoms with E-state index in [9.17, 15) is 19.2 Å². The molecule has 6 aliphatic rings. The summed E-state index contributed by atoms with van der Waals surface area (Å²) in [5.41, 5.74) is 9.21. The highest BCUT2D eigenvalue weighted by molar-refractivity contribution is 6.10. The zero-order valence-electron chi connectivity index (χ0n) is 36.3. The van der Waals surface area contributed by atoms with Crippen LogP contribution in [0.15, 0.2) is 52.7 Å². The van der Waals surface area contributed by atoms with E-state index >= 15 is 0 Å². The molecule has 16 nitrogen and oxygen atoms in total. The maximum atomic E-state index is 12.4. The molecule has 0 saturated carbocycles. The fraction of sp³-hybridized carbons (Fsp3) is 0.545. The molecular weight excluding hydrogens is 769 g/mol. The van der Waals surface area contributed by atoms with Gasteiger partial charge in [0.2, 0.25) is 0 Å². The largest absolute Gasteiger partial charge is 0.483 e. The summed E-state index contributed by atoms with van der Waals surface area (Å²) in [5, 5.41) is 8.30. The van der Waals surface area contributed by atoms with E-state index in [1.807, 2.05) is 89.5 Å². The maximum absolute atomic E-state index is 12.4. The van der Waals surface area contributed by atoms with Gasteiger partial charge >= 0.3 is 12.2 Å². The van der Waals surface area contributed by atoms with Crippen molar-refractivity contribution in [2.45, 2.75) is 105 Å². The van der Waals surface area contributed by atoms with Gasteiger partial charge < -0.3 is 38.5 Å². The summed E-state index contributed by atoms with van der Waals surface area (Å²) in [6, 6.07) is 11.5. The minimum Gasteiger partial charge on any atom is -0.483 e. The van der Waals surface area contributed by atoms with E-state index in [2.05, 4.69) is 53.1 Å². The number of anilines is 2. The summed E-state index contributed by atoms with van der Waals surface area (Å²) < 4.78 is 22.7. The number of ether oxygens (including phenoxy) is 4. The van der Waals surface area contributed by atoms with Crippen LogP contribution in [0.25, 0.3) is 5.57 Å². The molecule has 4 amide bonds. The minimum absolute atomic E-state index is 0.129. The lowest BCUT2D eigenvalue weighted by molar-refractivity contribution is -0.123. The average Bonchev–Trinajstić information content (AvgIpc) is 3.18. The molecule has 0 spiro atoms. The number of amides is 4. The van der Waals surface area contributed by atoms with Crippen molar-refractivity contribution in [1.29, 1.82) is 0 Å². The van der Waals surface area contributed by atoms with Crippen LogP contribution in [-0.4, -0.2) is 108 Å². The second kappa shape index (κ2) is 16.3. The summed E-state index contributed by atoms with van der Waals surface area (Å²) in [7, 11) is 0. The third kappa shape index (κ3) is 8.87. The predicted octanol–water partition coefficient (Wildman–Crippen LogP) is 6.07. The Kier molecular flexibility index (Phi) is 11.5. The molecule has 0 aliphatic carbocycles. The van der Waals surface area contributed by atoms with Crippen LogP contribution in [0.2, 0.25) is 0 Å². The Morgan fingerprint density at radius 1 is 0.733 bits per heavy atom. The highest BCUT2D eigenvalue weighted by Gasteiger charge is 2.39. The standard InChI is InChI=1S/C22H30N4O4.C22H28N4O4/c2*1-13-11-25(21(28)30-22(3,4)5)9-8-16(13)15-6-7-18-17(10-15)26-14(2)20(27)24-23-19(26)12-29-18/h6-7,10,13-14,16H,8-9,11-12H2,1-5H3,(H,24,27);6-8,10,13-14H,9,11-12H2,1-5H3,(H,24,27)/t13-,14+,16+;13-,14+/m00/s1. The summed E-state index contributed by atoms with van der Waals surface area (Å²) in [6.07, 6.45) is 2.39. The van der Waals surface area contributed by atoms with Gasteiger partial charge in [-0.3, -0.25) is 9.59 Å². The molecule has 8 rings (SSSR count). The molecular formula is C44H58N8O8. The highest BCUT2D eigenvalue weighted by atomic mass is 16.6. The Morgan fingerprint density at radius 2 is 1.27 bits per heavy atom. The summed E-state index contributed by atoms with van der Waals surface area (Å²) in [6.45, 7) is 22.3. The molecule has 0 unspecified atom stereocenters. The Bertz CT molecular complexity index is 2140. The van der Waals surface area contributed by atoms with Gasteiger partial charge in [-0.25, -0.2) is 20.4 Å². The molecule has 0 aromatic heterocycles. The topological polar surface area (TPSA) is 167 Å². The van der Waals surface area contributed by atoms with Gasteiger partial charge in [-0.1, -0.05) is 32.1 Å². The number of hydrogen-bond acceptors (Lipinski definition) is 12. The smallest absolute Gasteiger partial charge is 0.410 e. The van der Waals surface area contributed by atoms with Crippen LogP contribution in [0.3, 0.4) is 0 Å². The van der Waals surface area contributed by atoms with Crippen LogP contribution >= 0.6 is 0 Å². The number of piperidine rings is 1. The van der Waals surface area contributed by atoms with E-state index in [-0.39, 0.29) is 47.9 Å². The molecule has 60 heavy (non-hydrogen) atoms. The van der Waals surface area contributed by atoms with Crippen molar-refractivity contribution in [3.8, 4) is 11.5 Å². The van der Waals surface area contributed by atoms with E-state index in [4.69, 9.17) is 18.9 Å². The van der Waals surface area contributed by atoms with Gasteiger partial charge in [0.05, 0.1) is 11.4 Å². The summed E-state index contributed by atoms with van der Waals surface area (Å²) >= 11 is 0. The number of nitrogens with one attached hydrogen (secondary N) is 2. The summed E-state index contributed by atoms with van der Waals surface area (Å²) in [4.78, 5) is 56.6. The summed E-state index contributed by atoms with van der Waals surface area (Å²) in [5.74, 6) is 3.36. The first-order valence-electron chi connectivity index (χ1n) is 20.8. The van der Waals surface area contributed by atoms with Gasteiger partial charge in [0.25, 0.3) is 11.8 Å². The van der Waals surface area contributed by atoms with E-state index in [1.54, 1.807) is 9.80 Å². The van der Waals surface area contributed by atoms with Crippen molar-refractivity contribution in [2.75, 3.05) is 49.2 Å².